The van der Waals surface area contributed by atoms with E-state index >= 15 is 0 Å². The lowest BCUT2D eigenvalue weighted by atomic mass is 10.1. The Labute approximate surface area is 197 Å². The molecule has 0 saturated carbocycles. The highest BCUT2D eigenvalue weighted by atomic mass is 19.1. The predicted octanol–water partition coefficient (Wildman–Crippen LogP) is 4.83. The highest BCUT2D eigenvalue weighted by Gasteiger charge is 2.28. The van der Waals surface area contributed by atoms with Gasteiger partial charge in [-0.25, -0.2) is 4.39 Å². The molecule has 2 heterocycles. The van der Waals surface area contributed by atoms with E-state index in [1.807, 2.05) is 60.4 Å². The fraction of sp³-hybridized carbons (Fsp3) is 0.185. The third-order valence-corrected chi connectivity index (χ3v) is 6.20. The Morgan fingerprint density at radius 2 is 1.65 bits per heavy atom. The van der Waals surface area contributed by atoms with Gasteiger partial charge in [-0.1, -0.05) is 48.0 Å². The molecule has 0 aliphatic carbocycles. The van der Waals surface area contributed by atoms with Crippen LogP contribution in [-0.2, 0) is 0 Å². The normalized spacial score (nSPS) is 13.8. The topological polar surface area (TPSA) is 68.4 Å². The fourth-order valence-electron chi connectivity index (χ4n) is 4.42. The Balaban J connectivity index is 1.40. The number of fused-ring (bicyclic) bond motifs is 1. The molecule has 4 aromatic rings. The minimum Gasteiger partial charge on any atom is -0.366 e. The van der Waals surface area contributed by atoms with Gasteiger partial charge in [0.1, 0.15) is 11.5 Å². The van der Waals surface area contributed by atoms with Crippen molar-refractivity contribution < 1.29 is 14.0 Å². The average molecular weight is 457 g/mol. The van der Waals surface area contributed by atoms with E-state index < -0.39 is 0 Å². The van der Waals surface area contributed by atoms with E-state index in [9.17, 15) is 14.0 Å². The molecule has 1 saturated heterocycles. The van der Waals surface area contributed by atoms with Gasteiger partial charge in [-0.2, -0.15) is 0 Å². The highest BCUT2D eigenvalue weighted by molar-refractivity contribution is 6.15. The zero-order chi connectivity index (χ0) is 23.7. The number of nitrogens with zero attached hydrogens (tertiary/aromatic N) is 2. The second-order valence-corrected chi connectivity index (χ2v) is 8.47. The van der Waals surface area contributed by atoms with Crippen LogP contribution in [0.4, 0.5) is 15.8 Å². The number of amides is 2. The van der Waals surface area contributed by atoms with Gasteiger partial charge in [-0.05, 0) is 37.3 Å². The number of carbonyl (C=O) groups excluding carboxylic acids is 2. The maximum Gasteiger partial charge on any atom is 0.272 e. The lowest BCUT2D eigenvalue weighted by molar-refractivity contribution is 0.0742. The molecule has 0 unspecified atom stereocenters. The van der Waals surface area contributed by atoms with E-state index in [4.69, 9.17) is 0 Å². The van der Waals surface area contributed by atoms with Crippen molar-refractivity contribution >= 4 is 34.1 Å². The molecule has 1 aromatic heterocycles. The van der Waals surface area contributed by atoms with Crippen molar-refractivity contribution in [2.45, 2.75) is 6.92 Å². The fourth-order valence-corrected chi connectivity index (χ4v) is 4.42. The summed E-state index contributed by atoms with van der Waals surface area (Å²) in [7, 11) is 0. The molecule has 34 heavy (non-hydrogen) atoms. The van der Waals surface area contributed by atoms with Crippen LogP contribution in [0.25, 0.3) is 10.9 Å². The van der Waals surface area contributed by atoms with Crippen molar-refractivity contribution in [2.75, 3.05) is 36.4 Å². The molecule has 2 amide bonds. The van der Waals surface area contributed by atoms with E-state index in [0.29, 0.717) is 48.8 Å². The van der Waals surface area contributed by atoms with E-state index in [1.165, 1.54) is 6.07 Å². The molecule has 172 valence electrons. The van der Waals surface area contributed by atoms with Crippen molar-refractivity contribution in [2.24, 2.45) is 0 Å². The average Bonchev–Trinajstić information content (AvgIpc) is 3.22. The SMILES string of the molecule is Cc1cccc(C(=O)Nc2c(C(=O)N3CCN(c4ccccc4F)CC3)[nH]c3ccccc23)c1. The maximum absolute atomic E-state index is 14.2. The molecule has 1 aliphatic heterocycles. The molecule has 1 fully saturated rings. The number of aromatic nitrogens is 1. The molecular weight excluding hydrogens is 431 g/mol. The molecule has 0 spiro atoms. The van der Waals surface area contributed by atoms with E-state index in [2.05, 4.69) is 10.3 Å². The number of para-hydroxylation sites is 2. The van der Waals surface area contributed by atoms with Gasteiger partial charge in [0.2, 0.25) is 0 Å². The first-order valence-electron chi connectivity index (χ1n) is 11.3. The van der Waals surface area contributed by atoms with Gasteiger partial charge in [0.05, 0.1) is 11.4 Å². The zero-order valence-corrected chi connectivity index (χ0v) is 18.8. The van der Waals surface area contributed by atoms with Crippen LogP contribution < -0.4 is 10.2 Å². The lowest BCUT2D eigenvalue weighted by Gasteiger charge is -2.36. The molecule has 1 aliphatic rings. The van der Waals surface area contributed by atoms with Crippen molar-refractivity contribution in [3.63, 3.8) is 0 Å². The molecular formula is C27H25FN4O2. The summed E-state index contributed by atoms with van der Waals surface area (Å²) in [6.45, 7) is 3.88. The molecule has 2 N–H and O–H groups in total. The Hall–Kier alpha value is -4.13. The summed E-state index contributed by atoms with van der Waals surface area (Å²) in [5, 5.41) is 3.74. The van der Waals surface area contributed by atoms with E-state index in [-0.39, 0.29) is 17.6 Å². The molecule has 6 nitrogen and oxygen atoms in total. The molecule has 0 atom stereocenters. The second-order valence-electron chi connectivity index (χ2n) is 8.47. The third kappa shape index (κ3) is 4.12. The zero-order valence-electron chi connectivity index (χ0n) is 18.8. The summed E-state index contributed by atoms with van der Waals surface area (Å²) >= 11 is 0. The number of aryl methyl sites for hydroxylation is 1. The minimum atomic E-state index is -0.271. The molecule has 7 heteroatoms. The first kappa shape index (κ1) is 21.7. The van der Waals surface area contributed by atoms with Gasteiger partial charge >= 0.3 is 0 Å². The standard InChI is InChI=1S/C27H25FN4O2/c1-18-7-6-8-19(17-18)26(33)30-24-20-9-2-4-11-22(20)29-25(24)27(34)32-15-13-31(14-16-32)23-12-5-3-10-21(23)28/h2-12,17,29H,13-16H2,1H3,(H,30,33). The number of aromatic amines is 1. The van der Waals surface area contributed by atoms with E-state index in [0.717, 1.165) is 16.5 Å². The predicted molar refractivity (Wildman–Crippen MR) is 132 cm³/mol. The van der Waals surface area contributed by atoms with Crippen LogP contribution in [-0.4, -0.2) is 47.9 Å². The number of hydrogen-bond acceptors (Lipinski definition) is 3. The Kier molecular flexibility index (Phi) is 5.76. The van der Waals surface area contributed by atoms with Crippen LogP contribution >= 0.6 is 0 Å². The second kappa shape index (κ2) is 9.02. The number of carbonyl (C=O) groups is 2. The monoisotopic (exact) mass is 456 g/mol. The van der Waals surface area contributed by atoms with Gasteiger partial charge in [-0.3, -0.25) is 9.59 Å². The number of rotatable bonds is 4. The van der Waals surface area contributed by atoms with Crippen LogP contribution in [0.5, 0.6) is 0 Å². The number of halogens is 1. The van der Waals surface area contributed by atoms with Crippen LogP contribution in [0.1, 0.15) is 26.4 Å². The summed E-state index contributed by atoms with van der Waals surface area (Å²) in [4.78, 5) is 33.4. The van der Waals surface area contributed by atoms with Crippen molar-refractivity contribution in [1.29, 1.82) is 0 Å². The Bertz CT molecular complexity index is 1370. The smallest absolute Gasteiger partial charge is 0.272 e. The number of anilines is 2. The van der Waals surface area contributed by atoms with Crippen LogP contribution in [0.3, 0.4) is 0 Å². The van der Waals surface area contributed by atoms with Crippen LogP contribution in [0.15, 0.2) is 72.8 Å². The summed E-state index contributed by atoms with van der Waals surface area (Å²) < 4.78 is 14.2. The first-order chi connectivity index (χ1) is 16.5. The molecule has 3 aromatic carbocycles. The van der Waals surface area contributed by atoms with Gasteiger partial charge in [-0.15, -0.1) is 0 Å². The van der Waals surface area contributed by atoms with Gasteiger partial charge in [0.25, 0.3) is 11.8 Å². The van der Waals surface area contributed by atoms with Crippen molar-refractivity contribution in [3.05, 3.63) is 95.4 Å². The molecule has 0 bridgehead atoms. The van der Waals surface area contributed by atoms with Crippen molar-refractivity contribution in [3.8, 4) is 0 Å². The van der Waals surface area contributed by atoms with Gasteiger partial charge in [0.15, 0.2) is 0 Å². The number of hydrogen-bond donors (Lipinski definition) is 2. The maximum atomic E-state index is 14.2. The van der Waals surface area contributed by atoms with Crippen LogP contribution in [0.2, 0.25) is 0 Å². The van der Waals surface area contributed by atoms with Crippen molar-refractivity contribution in [1.82, 2.24) is 9.88 Å². The Morgan fingerprint density at radius 3 is 2.41 bits per heavy atom. The lowest BCUT2D eigenvalue weighted by Crippen LogP contribution is -2.49. The number of piperazine rings is 1. The van der Waals surface area contributed by atoms with E-state index in [1.54, 1.807) is 23.1 Å². The largest absolute Gasteiger partial charge is 0.366 e. The Morgan fingerprint density at radius 1 is 0.912 bits per heavy atom. The molecule has 5 rings (SSSR count). The number of benzene rings is 3. The summed E-state index contributed by atoms with van der Waals surface area (Å²) in [6.07, 6.45) is 0. The summed E-state index contributed by atoms with van der Waals surface area (Å²) in [6, 6.07) is 21.5. The summed E-state index contributed by atoms with van der Waals surface area (Å²) in [5.74, 6) is -0.727. The third-order valence-electron chi connectivity index (χ3n) is 6.20. The van der Waals surface area contributed by atoms with Gasteiger partial charge in [0, 0.05) is 42.6 Å². The number of nitrogens with one attached hydrogen (secondary N) is 2. The van der Waals surface area contributed by atoms with Crippen LogP contribution in [0, 0.1) is 12.7 Å². The first-order valence-corrected chi connectivity index (χ1v) is 11.3. The summed E-state index contributed by atoms with van der Waals surface area (Å²) in [5.41, 5.74) is 3.66. The highest BCUT2D eigenvalue weighted by Crippen LogP contribution is 2.30. The number of H-pyrrole nitrogens is 1. The quantitative estimate of drug-likeness (QED) is 0.462. The minimum absolute atomic E-state index is 0.191. The molecule has 0 radical (unpaired) electrons. The van der Waals surface area contributed by atoms with Gasteiger partial charge < -0.3 is 20.1 Å².